The van der Waals surface area contributed by atoms with Gasteiger partial charge in [0.25, 0.3) is 0 Å². The minimum absolute atomic E-state index is 0.958. The smallest absolute Gasteiger partial charge is 0.0737 e. The summed E-state index contributed by atoms with van der Waals surface area (Å²) in [6.45, 7) is 8.81. The van der Waals surface area contributed by atoms with E-state index in [9.17, 15) is 0 Å². The van der Waals surface area contributed by atoms with Crippen LogP contribution in [0.2, 0.25) is 0 Å². The van der Waals surface area contributed by atoms with Gasteiger partial charge >= 0.3 is 0 Å². The molecule has 4 heteroatoms. The Balaban J connectivity index is 1.60. The summed E-state index contributed by atoms with van der Waals surface area (Å²) in [5.41, 5.74) is 18.0. The van der Waals surface area contributed by atoms with Crippen molar-refractivity contribution >= 4 is 46.4 Å². The molecular formula is C44H46N4. The number of fused-ring (bicyclic) bond motifs is 8. The standard InChI is InChI=1S/C44H46N4/c1-5-7-9-11-33-35-21-22-36(45-35)34(12-10-8-6-2)38-24-26-40(47-38)44(32-19-15-30(4)16-20-32)42-28-27-41(48-42)43(39-25-23-37(33)46-39)31-17-13-29(3)14-18-31/h13-28,46,48H,5-12H2,1-4H3. The Kier molecular flexibility index (Phi) is 9.25. The van der Waals surface area contributed by atoms with Gasteiger partial charge in [-0.2, -0.15) is 0 Å². The van der Waals surface area contributed by atoms with Gasteiger partial charge in [0.1, 0.15) is 0 Å². The van der Waals surface area contributed by atoms with E-state index in [0.29, 0.717) is 0 Å². The summed E-state index contributed by atoms with van der Waals surface area (Å²) < 4.78 is 0. The highest BCUT2D eigenvalue weighted by Gasteiger charge is 2.18. The zero-order valence-corrected chi connectivity index (χ0v) is 28.8. The molecule has 0 aliphatic carbocycles. The van der Waals surface area contributed by atoms with Gasteiger partial charge < -0.3 is 9.97 Å². The third kappa shape index (κ3) is 6.44. The number of aryl methyl sites for hydroxylation is 3. The third-order valence-electron chi connectivity index (χ3n) is 9.71. The van der Waals surface area contributed by atoms with Crippen LogP contribution in [-0.4, -0.2) is 19.9 Å². The highest BCUT2D eigenvalue weighted by atomic mass is 14.8. The molecular weight excluding hydrogens is 585 g/mol. The summed E-state index contributed by atoms with van der Waals surface area (Å²) >= 11 is 0. The fraction of sp³-hybridized carbons (Fsp3) is 0.273. The highest BCUT2D eigenvalue weighted by molar-refractivity contribution is 5.97. The normalized spacial score (nSPS) is 12.2. The molecule has 48 heavy (non-hydrogen) atoms. The van der Waals surface area contributed by atoms with Crippen LogP contribution in [0.1, 0.15) is 97.4 Å². The van der Waals surface area contributed by atoms with Crippen LogP contribution in [0.4, 0.5) is 0 Å². The minimum atomic E-state index is 0.958. The van der Waals surface area contributed by atoms with Crippen LogP contribution in [0.3, 0.4) is 0 Å². The lowest BCUT2D eigenvalue weighted by molar-refractivity contribution is 0.713. The number of benzene rings is 2. The van der Waals surface area contributed by atoms with Crippen molar-refractivity contribution in [1.29, 1.82) is 0 Å². The average molecular weight is 631 g/mol. The van der Waals surface area contributed by atoms with Crippen LogP contribution in [-0.2, 0) is 12.8 Å². The number of rotatable bonds is 10. The van der Waals surface area contributed by atoms with Gasteiger partial charge in [0.2, 0.25) is 0 Å². The topological polar surface area (TPSA) is 57.4 Å². The SMILES string of the molecule is CCCCCc1c2nc(c(CCCCC)c3ccc([nH]3)c(-c3ccc(C)cc3)c3ccc([nH]3)c(-c3ccc(C)cc3)c3nc1C=C3)C=C2. The Morgan fingerprint density at radius 1 is 0.438 bits per heavy atom. The van der Waals surface area contributed by atoms with Gasteiger partial charge in [-0.15, -0.1) is 0 Å². The molecule has 242 valence electrons. The number of unbranched alkanes of at least 4 members (excludes halogenated alkanes) is 4. The number of hydrogen-bond donors (Lipinski definition) is 2. The van der Waals surface area contributed by atoms with Gasteiger partial charge in [0.15, 0.2) is 0 Å². The highest BCUT2D eigenvalue weighted by Crippen LogP contribution is 2.35. The average Bonchev–Trinajstić information content (AvgIpc) is 3.93. The maximum atomic E-state index is 5.37. The molecule has 0 fully saturated rings. The second kappa shape index (κ2) is 14.0. The van der Waals surface area contributed by atoms with Gasteiger partial charge in [-0.25, -0.2) is 9.97 Å². The minimum Gasteiger partial charge on any atom is -0.355 e. The van der Waals surface area contributed by atoms with E-state index in [0.717, 1.165) is 87.2 Å². The van der Waals surface area contributed by atoms with Gasteiger partial charge in [-0.3, -0.25) is 0 Å². The van der Waals surface area contributed by atoms with Crippen molar-refractivity contribution < 1.29 is 0 Å². The van der Waals surface area contributed by atoms with E-state index >= 15 is 0 Å². The van der Waals surface area contributed by atoms with Crippen LogP contribution in [0.5, 0.6) is 0 Å². The van der Waals surface area contributed by atoms with Crippen molar-refractivity contribution in [3.8, 4) is 22.3 Å². The largest absolute Gasteiger partial charge is 0.355 e. The molecule has 3 aromatic heterocycles. The molecule has 7 rings (SSSR count). The monoisotopic (exact) mass is 630 g/mol. The number of nitrogens with one attached hydrogen (secondary N) is 2. The lowest BCUT2D eigenvalue weighted by Crippen LogP contribution is -1.96. The van der Waals surface area contributed by atoms with E-state index in [1.54, 1.807) is 0 Å². The quantitative estimate of drug-likeness (QED) is 0.148. The molecule has 0 atom stereocenters. The Morgan fingerprint density at radius 2 is 0.854 bits per heavy atom. The lowest BCUT2D eigenvalue weighted by atomic mass is 10.0. The number of H-pyrrole nitrogens is 2. The van der Waals surface area contributed by atoms with Crippen molar-refractivity contribution in [2.75, 3.05) is 0 Å². The summed E-state index contributed by atoms with van der Waals surface area (Å²) in [4.78, 5) is 18.5. The predicted octanol–water partition coefficient (Wildman–Crippen LogP) is 12.1. The van der Waals surface area contributed by atoms with Crippen molar-refractivity contribution in [2.24, 2.45) is 0 Å². The van der Waals surface area contributed by atoms with Gasteiger partial charge in [-0.05, 0) is 99.2 Å². The molecule has 4 nitrogen and oxygen atoms in total. The first kappa shape index (κ1) is 31.6. The number of aromatic nitrogens is 4. The summed E-state index contributed by atoms with van der Waals surface area (Å²) in [6.07, 6.45) is 17.8. The summed E-state index contributed by atoms with van der Waals surface area (Å²) in [5, 5.41) is 0. The maximum Gasteiger partial charge on any atom is 0.0737 e. The molecule has 5 aromatic rings. The van der Waals surface area contributed by atoms with Gasteiger partial charge in [0, 0.05) is 44.3 Å². The van der Waals surface area contributed by atoms with Crippen LogP contribution in [0, 0.1) is 13.8 Å². The number of hydrogen-bond acceptors (Lipinski definition) is 2. The van der Waals surface area contributed by atoms with Crippen LogP contribution >= 0.6 is 0 Å². The fourth-order valence-corrected chi connectivity index (χ4v) is 7.00. The third-order valence-corrected chi connectivity index (χ3v) is 9.71. The predicted molar refractivity (Wildman–Crippen MR) is 206 cm³/mol. The van der Waals surface area contributed by atoms with Crippen molar-refractivity contribution in [2.45, 2.75) is 79.1 Å². The number of nitrogens with zero attached hydrogens (tertiary/aromatic N) is 2. The molecule has 0 amide bonds. The van der Waals surface area contributed by atoms with Crippen molar-refractivity contribution in [1.82, 2.24) is 19.9 Å². The molecule has 0 saturated carbocycles. The van der Waals surface area contributed by atoms with Crippen LogP contribution in [0.15, 0.2) is 72.8 Å². The molecule has 5 heterocycles. The molecule has 2 aliphatic heterocycles. The molecule has 0 spiro atoms. The zero-order valence-electron chi connectivity index (χ0n) is 28.8. The Morgan fingerprint density at radius 3 is 1.42 bits per heavy atom. The zero-order chi connectivity index (χ0) is 33.0. The van der Waals surface area contributed by atoms with E-state index in [1.807, 2.05) is 0 Å². The van der Waals surface area contributed by atoms with E-state index < -0.39 is 0 Å². The lowest BCUT2D eigenvalue weighted by Gasteiger charge is -2.07. The Hall–Kier alpha value is -4.96. The molecule has 8 bridgehead atoms. The second-order valence-corrected chi connectivity index (χ2v) is 13.4. The van der Waals surface area contributed by atoms with Gasteiger partial charge in [-0.1, -0.05) is 99.2 Å². The molecule has 0 unspecified atom stereocenters. The number of aromatic amines is 2. The summed E-state index contributed by atoms with van der Waals surface area (Å²) in [7, 11) is 0. The first-order valence-electron chi connectivity index (χ1n) is 17.8. The first-order valence-corrected chi connectivity index (χ1v) is 17.8. The van der Waals surface area contributed by atoms with Crippen molar-refractivity contribution in [3.05, 3.63) is 118 Å². The summed E-state index contributed by atoms with van der Waals surface area (Å²) in [5.74, 6) is 0. The molecule has 2 N–H and O–H groups in total. The van der Waals surface area contributed by atoms with E-state index in [2.05, 4.69) is 135 Å². The van der Waals surface area contributed by atoms with Gasteiger partial charge in [0.05, 0.1) is 22.8 Å². The van der Waals surface area contributed by atoms with E-state index in [4.69, 9.17) is 9.97 Å². The van der Waals surface area contributed by atoms with Crippen LogP contribution < -0.4 is 0 Å². The maximum absolute atomic E-state index is 5.37. The van der Waals surface area contributed by atoms with E-state index in [1.165, 1.54) is 53.5 Å². The van der Waals surface area contributed by atoms with Crippen LogP contribution in [0.25, 0.3) is 68.6 Å². The second-order valence-electron chi connectivity index (χ2n) is 13.4. The Bertz CT molecular complexity index is 2160. The first-order chi connectivity index (χ1) is 23.5. The molecule has 0 radical (unpaired) electrons. The Labute approximate surface area is 284 Å². The summed E-state index contributed by atoms with van der Waals surface area (Å²) in [6, 6.07) is 26.6. The molecule has 0 saturated heterocycles. The fourth-order valence-electron chi connectivity index (χ4n) is 7.00. The molecule has 2 aromatic carbocycles. The molecule has 2 aliphatic rings. The van der Waals surface area contributed by atoms with E-state index in [-0.39, 0.29) is 0 Å². The van der Waals surface area contributed by atoms with Crippen molar-refractivity contribution in [3.63, 3.8) is 0 Å².